The zero-order valence-corrected chi connectivity index (χ0v) is 9.08. The lowest BCUT2D eigenvalue weighted by Gasteiger charge is -2.07. The molecule has 0 saturated heterocycles. The van der Waals surface area contributed by atoms with Crippen LogP contribution < -0.4 is 5.32 Å². The van der Waals surface area contributed by atoms with Crippen molar-refractivity contribution in [1.29, 1.82) is 0 Å². The standard InChI is InChI=1S/C11H9ClFN3/c12-10-5-8(13)1-2-11(10)15-6-9-3-4-14-7-16-9/h1-5,7,15H,6H2. The molecule has 3 nitrogen and oxygen atoms in total. The molecule has 2 rings (SSSR count). The molecule has 0 radical (unpaired) electrons. The summed E-state index contributed by atoms with van der Waals surface area (Å²) in [7, 11) is 0. The van der Waals surface area contributed by atoms with E-state index in [2.05, 4.69) is 15.3 Å². The van der Waals surface area contributed by atoms with Crippen molar-refractivity contribution in [3.8, 4) is 0 Å². The maximum absolute atomic E-state index is 12.8. The van der Waals surface area contributed by atoms with E-state index in [9.17, 15) is 4.39 Å². The number of aromatic nitrogens is 2. The first-order chi connectivity index (χ1) is 7.75. The summed E-state index contributed by atoms with van der Waals surface area (Å²) in [4.78, 5) is 7.87. The second-order valence-corrected chi connectivity index (χ2v) is 3.59. The number of nitrogens with one attached hydrogen (secondary N) is 1. The number of nitrogens with zero attached hydrogens (tertiary/aromatic N) is 2. The third-order valence-electron chi connectivity index (χ3n) is 2.03. The van der Waals surface area contributed by atoms with Gasteiger partial charge in [-0.2, -0.15) is 0 Å². The van der Waals surface area contributed by atoms with Gasteiger partial charge >= 0.3 is 0 Å². The number of halogens is 2. The zero-order valence-electron chi connectivity index (χ0n) is 8.32. The van der Waals surface area contributed by atoms with Crippen LogP contribution in [0.15, 0.2) is 36.8 Å². The van der Waals surface area contributed by atoms with Gasteiger partial charge in [0, 0.05) is 6.20 Å². The van der Waals surface area contributed by atoms with E-state index in [4.69, 9.17) is 11.6 Å². The molecular weight excluding hydrogens is 229 g/mol. The topological polar surface area (TPSA) is 37.8 Å². The van der Waals surface area contributed by atoms with Crippen LogP contribution in [0.1, 0.15) is 5.69 Å². The highest BCUT2D eigenvalue weighted by atomic mass is 35.5. The second kappa shape index (κ2) is 4.90. The smallest absolute Gasteiger partial charge is 0.124 e. The molecule has 0 saturated carbocycles. The predicted molar refractivity (Wildman–Crippen MR) is 60.8 cm³/mol. The molecule has 0 unspecified atom stereocenters. The number of hydrogen-bond acceptors (Lipinski definition) is 3. The number of rotatable bonds is 3. The van der Waals surface area contributed by atoms with E-state index < -0.39 is 0 Å². The van der Waals surface area contributed by atoms with Crippen molar-refractivity contribution in [3.05, 3.63) is 53.3 Å². The van der Waals surface area contributed by atoms with E-state index in [0.717, 1.165) is 5.69 Å². The molecule has 82 valence electrons. The molecule has 5 heteroatoms. The average Bonchev–Trinajstić information content (AvgIpc) is 2.29. The molecule has 0 amide bonds. The average molecular weight is 238 g/mol. The fourth-order valence-electron chi connectivity index (χ4n) is 1.24. The minimum absolute atomic E-state index is 0.349. The van der Waals surface area contributed by atoms with Crippen molar-refractivity contribution in [1.82, 2.24) is 9.97 Å². The molecular formula is C11H9ClFN3. The molecule has 1 aromatic carbocycles. The van der Waals surface area contributed by atoms with Crippen LogP contribution in [0.4, 0.5) is 10.1 Å². The van der Waals surface area contributed by atoms with Gasteiger partial charge in [0.05, 0.1) is 22.9 Å². The van der Waals surface area contributed by atoms with Gasteiger partial charge in [0.2, 0.25) is 0 Å². The van der Waals surface area contributed by atoms with Crippen molar-refractivity contribution in [3.63, 3.8) is 0 Å². The second-order valence-electron chi connectivity index (χ2n) is 3.18. The summed E-state index contributed by atoms with van der Waals surface area (Å²) in [6.45, 7) is 0.522. The zero-order chi connectivity index (χ0) is 11.4. The van der Waals surface area contributed by atoms with Gasteiger partial charge in [0.15, 0.2) is 0 Å². The van der Waals surface area contributed by atoms with Gasteiger partial charge in [-0.25, -0.2) is 14.4 Å². The fourth-order valence-corrected chi connectivity index (χ4v) is 1.48. The van der Waals surface area contributed by atoms with E-state index in [-0.39, 0.29) is 5.82 Å². The molecule has 0 spiro atoms. The van der Waals surface area contributed by atoms with Gasteiger partial charge in [-0.3, -0.25) is 0 Å². The maximum Gasteiger partial charge on any atom is 0.124 e. The fraction of sp³-hybridized carbons (Fsp3) is 0.0909. The summed E-state index contributed by atoms with van der Waals surface area (Å²) < 4.78 is 12.8. The van der Waals surface area contributed by atoms with Crippen LogP contribution in [0.5, 0.6) is 0 Å². The van der Waals surface area contributed by atoms with Crippen molar-refractivity contribution in [2.24, 2.45) is 0 Å². The lowest BCUT2D eigenvalue weighted by Crippen LogP contribution is -2.02. The Labute approximate surface area is 97.3 Å². The highest BCUT2D eigenvalue weighted by molar-refractivity contribution is 6.33. The van der Waals surface area contributed by atoms with Gasteiger partial charge in [-0.15, -0.1) is 0 Å². The number of hydrogen-bond donors (Lipinski definition) is 1. The maximum atomic E-state index is 12.8. The normalized spacial score (nSPS) is 10.1. The summed E-state index contributed by atoms with van der Waals surface area (Å²) in [5, 5.41) is 3.42. The van der Waals surface area contributed by atoms with Crippen LogP contribution in [0.2, 0.25) is 5.02 Å². The van der Waals surface area contributed by atoms with Crippen LogP contribution in [-0.2, 0) is 6.54 Å². The Hall–Kier alpha value is -1.68. The minimum Gasteiger partial charge on any atom is -0.378 e. The lowest BCUT2D eigenvalue weighted by molar-refractivity contribution is 0.628. The molecule has 0 aliphatic carbocycles. The van der Waals surface area contributed by atoms with Gasteiger partial charge < -0.3 is 5.32 Å². The summed E-state index contributed by atoms with van der Waals surface area (Å²) in [5.74, 6) is -0.349. The molecule has 1 N–H and O–H groups in total. The molecule has 0 atom stereocenters. The third kappa shape index (κ3) is 2.67. The summed E-state index contributed by atoms with van der Waals surface area (Å²) in [5.41, 5.74) is 1.53. The SMILES string of the molecule is Fc1ccc(NCc2ccncn2)c(Cl)c1. The van der Waals surface area contributed by atoms with Gasteiger partial charge in [0.25, 0.3) is 0 Å². The first-order valence-corrected chi connectivity index (χ1v) is 5.07. The molecule has 1 aromatic heterocycles. The molecule has 0 bridgehead atoms. The third-order valence-corrected chi connectivity index (χ3v) is 2.35. The first-order valence-electron chi connectivity index (χ1n) is 4.69. The molecule has 0 aliphatic heterocycles. The minimum atomic E-state index is -0.349. The Morgan fingerprint density at radius 3 is 2.88 bits per heavy atom. The van der Waals surface area contributed by atoms with E-state index in [1.165, 1.54) is 18.5 Å². The Bertz CT molecular complexity index is 476. The summed E-state index contributed by atoms with van der Waals surface area (Å²) in [6, 6.07) is 6.02. The van der Waals surface area contributed by atoms with E-state index >= 15 is 0 Å². The van der Waals surface area contributed by atoms with Gasteiger partial charge in [0.1, 0.15) is 12.1 Å². The van der Waals surface area contributed by atoms with Gasteiger partial charge in [-0.1, -0.05) is 11.6 Å². The molecule has 2 aromatic rings. The number of anilines is 1. The highest BCUT2D eigenvalue weighted by Crippen LogP contribution is 2.22. The largest absolute Gasteiger partial charge is 0.378 e. The molecule has 16 heavy (non-hydrogen) atoms. The Balaban J connectivity index is 2.05. The monoisotopic (exact) mass is 237 g/mol. The van der Waals surface area contributed by atoms with Crippen LogP contribution in [-0.4, -0.2) is 9.97 Å². The first kappa shape index (κ1) is 10.8. The van der Waals surface area contributed by atoms with Crippen molar-refractivity contribution in [2.45, 2.75) is 6.54 Å². The molecule has 0 fully saturated rings. The molecule has 1 heterocycles. The van der Waals surface area contributed by atoms with Crippen LogP contribution in [0.3, 0.4) is 0 Å². The lowest BCUT2D eigenvalue weighted by atomic mass is 10.3. The van der Waals surface area contributed by atoms with Gasteiger partial charge in [-0.05, 0) is 24.3 Å². The van der Waals surface area contributed by atoms with E-state index in [0.29, 0.717) is 17.3 Å². The van der Waals surface area contributed by atoms with Crippen molar-refractivity contribution >= 4 is 17.3 Å². The summed E-state index contributed by atoms with van der Waals surface area (Å²) >= 11 is 5.86. The van der Waals surface area contributed by atoms with E-state index in [1.54, 1.807) is 18.3 Å². The van der Waals surface area contributed by atoms with E-state index in [1.807, 2.05) is 0 Å². The highest BCUT2D eigenvalue weighted by Gasteiger charge is 2.01. The van der Waals surface area contributed by atoms with Crippen LogP contribution in [0, 0.1) is 5.82 Å². The van der Waals surface area contributed by atoms with Crippen molar-refractivity contribution in [2.75, 3.05) is 5.32 Å². The Morgan fingerprint density at radius 2 is 2.19 bits per heavy atom. The summed E-state index contributed by atoms with van der Waals surface area (Å²) in [6.07, 6.45) is 3.14. The predicted octanol–water partition coefficient (Wildman–Crippen LogP) is 2.88. The van der Waals surface area contributed by atoms with Crippen LogP contribution >= 0.6 is 11.6 Å². The number of benzene rings is 1. The quantitative estimate of drug-likeness (QED) is 0.892. The molecule has 0 aliphatic rings. The van der Waals surface area contributed by atoms with Crippen LogP contribution in [0.25, 0.3) is 0 Å². The van der Waals surface area contributed by atoms with Crippen molar-refractivity contribution < 1.29 is 4.39 Å². The Kier molecular flexibility index (Phi) is 3.31. The Morgan fingerprint density at radius 1 is 1.31 bits per heavy atom.